The maximum atomic E-state index is 13.3. The molecule has 0 aliphatic heterocycles. The van der Waals surface area contributed by atoms with E-state index in [1.807, 2.05) is 28.9 Å². The van der Waals surface area contributed by atoms with E-state index in [9.17, 15) is 9.18 Å². The zero-order chi connectivity index (χ0) is 28.1. The number of amides is 1. The molecule has 0 bridgehead atoms. The smallest absolute Gasteiger partial charge is 0.231 e. The van der Waals surface area contributed by atoms with Crippen molar-refractivity contribution in [3.8, 4) is 11.1 Å². The van der Waals surface area contributed by atoms with E-state index in [0.717, 1.165) is 38.9 Å². The molecule has 1 aliphatic rings. The van der Waals surface area contributed by atoms with Gasteiger partial charge in [0.1, 0.15) is 17.6 Å². The zero-order valence-electron chi connectivity index (χ0n) is 23.5. The van der Waals surface area contributed by atoms with E-state index >= 15 is 0 Å². The van der Waals surface area contributed by atoms with E-state index < -0.39 is 20.4 Å². The van der Waals surface area contributed by atoms with Gasteiger partial charge in [0.25, 0.3) is 0 Å². The summed E-state index contributed by atoms with van der Waals surface area (Å²) in [5.74, 6) is -0.511. The summed E-state index contributed by atoms with van der Waals surface area (Å²) >= 11 is 0. The molecule has 1 N–H and O–H groups in total. The van der Waals surface area contributed by atoms with Crippen LogP contribution in [0.4, 0.5) is 10.2 Å². The van der Waals surface area contributed by atoms with Gasteiger partial charge in [-0.25, -0.2) is 14.4 Å². The first-order valence-corrected chi connectivity index (χ1v) is 16.3. The molecule has 7 nitrogen and oxygen atoms in total. The summed E-state index contributed by atoms with van der Waals surface area (Å²) in [4.78, 5) is 26.1. The van der Waals surface area contributed by atoms with Gasteiger partial charge in [0, 0.05) is 47.4 Å². The van der Waals surface area contributed by atoms with Crippen LogP contribution in [0.5, 0.6) is 0 Å². The Labute approximate surface area is 229 Å². The Balaban J connectivity index is 1.50. The molecule has 0 spiro atoms. The second kappa shape index (κ2) is 9.95. The minimum absolute atomic E-state index is 0.0864. The van der Waals surface area contributed by atoms with Gasteiger partial charge in [-0.3, -0.25) is 14.2 Å². The lowest BCUT2D eigenvalue weighted by atomic mass is 10.0. The van der Waals surface area contributed by atoms with Crippen molar-refractivity contribution in [2.75, 3.05) is 5.32 Å². The Bertz CT molecular complexity index is 1580. The summed E-state index contributed by atoms with van der Waals surface area (Å²) in [6.45, 7) is 17.2. The number of halogens is 1. The van der Waals surface area contributed by atoms with Crippen LogP contribution in [0.1, 0.15) is 51.0 Å². The number of alkyl halides is 1. The van der Waals surface area contributed by atoms with Crippen LogP contribution in [-0.2, 0) is 9.22 Å². The molecule has 204 valence electrons. The number of nitrogens with zero attached hydrogens (tertiary/aromatic N) is 4. The number of imidazole rings is 1. The van der Waals surface area contributed by atoms with Crippen molar-refractivity contribution in [2.24, 2.45) is 5.92 Å². The van der Waals surface area contributed by atoms with Crippen LogP contribution in [0, 0.1) is 12.8 Å². The number of aromatic nitrogens is 4. The van der Waals surface area contributed by atoms with Gasteiger partial charge in [-0.15, -0.1) is 6.58 Å². The highest BCUT2D eigenvalue weighted by molar-refractivity contribution is 6.74. The predicted molar refractivity (Wildman–Crippen MR) is 156 cm³/mol. The van der Waals surface area contributed by atoms with Gasteiger partial charge in [0.2, 0.25) is 5.91 Å². The van der Waals surface area contributed by atoms with E-state index in [-0.39, 0.29) is 23.5 Å². The van der Waals surface area contributed by atoms with Gasteiger partial charge in [-0.2, -0.15) is 0 Å². The maximum Gasteiger partial charge on any atom is 0.231 e. The van der Waals surface area contributed by atoms with Crippen molar-refractivity contribution in [1.29, 1.82) is 0 Å². The van der Waals surface area contributed by atoms with Gasteiger partial charge in [0.15, 0.2) is 8.32 Å². The first-order valence-electron chi connectivity index (χ1n) is 13.4. The molecule has 1 unspecified atom stereocenters. The highest BCUT2D eigenvalue weighted by atomic mass is 28.4. The molecule has 0 aromatic carbocycles. The molecule has 0 saturated heterocycles. The molecular weight excluding hydrogens is 509 g/mol. The fraction of sp³-hybridized carbons (Fsp3) is 0.400. The van der Waals surface area contributed by atoms with E-state index in [0.29, 0.717) is 12.2 Å². The number of carbonyl (C=O) groups excluding carboxylic acids is 1. The van der Waals surface area contributed by atoms with Crippen LogP contribution in [-0.4, -0.2) is 39.7 Å². The number of aryl methyl sites for hydroxylation is 1. The van der Waals surface area contributed by atoms with Crippen molar-refractivity contribution in [3.05, 3.63) is 66.9 Å². The van der Waals surface area contributed by atoms with Crippen LogP contribution < -0.4 is 5.32 Å². The van der Waals surface area contributed by atoms with Gasteiger partial charge in [-0.05, 0) is 55.6 Å². The standard InChI is InChI=1S/C30H36FN5O2Si/c1-8-9-26(38-39(6,7)30(3,4)5)24-12-18(2)22(17-33-24)20-13-19-16-34-27(35-29(37)21-14-23(21)31)15-25(19)36-11-10-32-28(20)36/h8,10-13,15-17,21,23,26H,1,9,14H2,2-7H3,(H,34,35,37)/t21-,23+,26?/m0/s1. The minimum Gasteiger partial charge on any atom is -0.408 e. The van der Waals surface area contributed by atoms with Crippen molar-refractivity contribution >= 4 is 36.6 Å². The summed E-state index contributed by atoms with van der Waals surface area (Å²) in [5, 5.41) is 3.71. The highest BCUT2D eigenvalue weighted by Gasteiger charge is 2.43. The molecule has 39 heavy (non-hydrogen) atoms. The maximum absolute atomic E-state index is 13.3. The van der Waals surface area contributed by atoms with Crippen molar-refractivity contribution in [2.45, 2.75) is 70.9 Å². The van der Waals surface area contributed by atoms with Crippen LogP contribution in [0.25, 0.3) is 27.7 Å². The Hall–Kier alpha value is -3.43. The fourth-order valence-electron chi connectivity index (χ4n) is 4.56. The monoisotopic (exact) mass is 545 g/mol. The number of nitrogens with one attached hydrogen (secondary N) is 1. The summed E-state index contributed by atoms with van der Waals surface area (Å²) in [5.41, 5.74) is 5.50. The van der Waals surface area contributed by atoms with Crippen molar-refractivity contribution < 1.29 is 13.6 Å². The fourth-order valence-corrected chi connectivity index (χ4v) is 5.84. The second-order valence-corrected chi connectivity index (χ2v) is 16.7. The number of hydrogen-bond donors (Lipinski definition) is 1. The summed E-state index contributed by atoms with van der Waals surface area (Å²) < 4.78 is 22.0. The normalized spacial score (nSPS) is 18.3. The van der Waals surface area contributed by atoms with E-state index in [1.165, 1.54) is 0 Å². The lowest BCUT2D eigenvalue weighted by Gasteiger charge is -2.39. The third-order valence-electron chi connectivity index (χ3n) is 8.03. The number of fused-ring (bicyclic) bond motifs is 3. The van der Waals surface area contributed by atoms with Crippen LogP contribution in [0.15, 0.2) is 55.6 Å². The number of anilines is 1. The molecule has 0 radical (unpaired) electrons. The molecule has 5 rings (SSSR count). The molecule has 1 aliphatic carbocycles. The summed E-state index contributed by atoms with van der Waals surface area (Å²) in [6, 6.07) is 5.95. The topological polar surface area (TPSA) is 81.4 Å². The summed E-state index contributed by atoms with van der Waals surface area (Å²) in [6.07, 6.45) is 8.91. The van der Waals surface area contributed by atoms with Gasteiger partial charge in [0.05, 0.1) is 23.2 Å². The quantitative estimate of drug-likeness (QED) is 0.187. The Morgan fingerprint density at radius 2 is 1.97 bits per heavy atom. The SMILES string of the molecule is C=CCC(O[Si](C)(C)C(C)(C)C)c1cc(C)c(-c2cc3cnc(NC(=O)[C@H]4C[C@H]4F)cc3n3ccnc23)cn1. The van der Waals surface area contributed by atoms with Gasteiger partial charge < -0.3 is 9.74 Å². The van der Waals surface area contributed by atoms with E-state index in [4.69, 9.17) is 9.41 Å². The average molecular weight is 546 g/mol. The highest BCUT2D eigenvalue weighted by Crippen LogP contribution is 2.41. The number of hydrogen-bond acceptors (Lipinski definition) is 5. The largest absolute Gasteiger partial charge is 0.408 e. The lowest BCUT2D eigenvalue weighted by molar-refractivity contribution is -0.117. The Kier molecular flexibility index (Phi) is 6.93. The third kappa shape index (κ3) is 5.25. The molecular formula is C30H36FN5O2Si. The molecule has 1 amide bonds. The van der Waals surface area contributed by atoms with Crippen LogP contribution >= 0.6 is 0 Å². The molecule has 4 heterocycles. The Morgan fingerprint density at radius 3 is 2.62 bits per heavy atom. The number of carbonyl (C=O) groups is 1. The molecule has 1 fully saturated rings. The molecule has 4 aromatic heterocycles. The van der Waals surface area contributed by atoms with E-state index in [1.54, 1.807) is 18.5 Å². The van der Waals surface area contributed by atoms with Gasteiger partial charge >= 0.3 is 0 Å². The molecule has 3 atom stereocenters. The predicted octanol–water partition coefficient (Wildman–Crippen LogP) is 7.19. The lowest BCUT2D eigenvalue weighted by Crippen LogP contribution is -2.41. The number of pyridine rings is 3. The van der Waals surface area contributed by atoms with Crippen molar-refractivity contribution in [1.82, 2.24) is 19.4 Å². The third-order valence-corrected chi connectivity index (χ3v) is 12.5. The molecule has 4 aromatic rings. The van der Waals surface area contributed by atoms with Crippen molar-refractivity contribution in [3.63, 3.8) is 0 Å². The second-order valence-electron chi connectivity index (χ2n) is 12.0. The average Bonchev–Trinajstić information content (AvgIpc) is 3.39. The zero-order valence-corrected chi connectivity index (χ0v) is 24.5. The van der Waals surface area contributed by atoms with Gasteiger partial charge in [-0.1, -0.05) is 26.8 Å². The Morgan fingerprint density at radius 1 is 1.23 bits per heavy atom. The first-order chi connectivity index (χ1) is 18.4. The molecule has 1 saturated carbocycles. The summed E-state index contributed by atoms with van der Waals surface area (Å²) in [7, 11) is -2.01. The minimum atomic E-state index is -2.01. The molecule has 9 heteroatoms. The van der Waals surface area contributed by atoms with Crippen LogP contribution in [0.3, 0.4) is 0 Å². The number of rotatable bonds is 8. The van der Waals surface area contributed by atoms with Crippen LogP contribution in [0.2, 0.25) is 18.1 Å². The van der Waals surface area contributed by atoms with E-state index in [2.05, 4.69) is 68.7 Å². The first kappa shape index (κ1) is 27.1.